The zero-order chi connectivity index (χ0) is 20.8. The Morgan fingerprint density at radius 1 is 1.17 bits per heavy atom. The van der Waals surface area contributed by atoms with Crippen LogP contribution in [0.25, 0.3) is 0 Å². The minimum absolute atomic E-state index is 0.0182. The molecule has 0 saturated heterocycles. The molecule has 1 unspecified atom stereocenters. The maximum atomic E-state index is 13.3. The molecule has 2 aromatic heterocycles. The van der Waals surface area contributed by atoms with Gasteiger partial charge >= 0.3 is 0 Å². The maximum Gasteiger partial charge on any atom is 0.295 e. The van der Waals surface area contributed by atoms with Gasteiger partial charge in [-0.25, -0.2) is 4.98 Å². The van der Waals surface area contributed by atoms with Crippen LogP contribution in [-0.4, -0.2) is 28.6 Å². The van der Waals surface area contributed by atoms with Gasteiger partial charge < -0.3 is 14.6 Å². The van der Waals surface area contributed by atoms with Crippen molar-refractivity contribution in [1.82, 2.24) is 4.98 Å². The molecule has 0 spiro atoms. The van der Waals surface area contributed by atoms with Crippen LogP contribution >= 0.6 is 11.3 Å². The van der Waals surface area contributed by atoms with Gasteiger partial charge in [-0.1, -0.05) is 18.2 Å². The molecule has 2 aliphatic heterocycles. The molecule has 0 fully saturated rings. The highest BCUT2D eigenvalue weighted by Crippen LogP contribution is 2.44. The summed E-state index contributed by atoms with van der Waals surface area (Å²) in [5, 5.41) is 12.5. The number of nitrogens with zero attached hydrogens (tertiary/aromatic N) is 2. The van der Waals surface area contributed by atoms with Crippen molar-refractivity contribution < 1.29 is 24.2 Å². The standard InChI is InChI=1S/C22H16N2O5S/c1-12-4-2-6-17(23-12)24-19(13-7-8-14-15(10-13)29-11-28-14)18(21(26)22(24)27)20(25)16-5-3-9-30-16/h2-10,19,26H,11H2,1H3. The molecule has 0 radical (unpaired) electrons. The number of hydrogen-bond acceptors (Lipinski definition) is 7. The summed E-state index contributed by atoms with van der Waals surface area (Å²) in [6.45, 7) is 1.91. The molecule has 8 heteroatoms. The van der Waals surface area contributed by atoms with Gasteiger partial charge in [0.05, 0.1) is 16.5 Å². The van der Waals surface area contributed by atoms with E-state index >= 15 is 0 Å². The molecule has 4 heterocycles. The lowest BCUT2D eigenvalue weighted by Gasteiger charge is -2.26. The minimum Gasteiger partial charge on any atom is -0.503 e. The van der Waals surface area contributed by atoms with Gasteiger partial charge in [0.1, 0.15) is 5.82 Å². The summed E-state index contributed by atoms with van der Waals surface area (Å²) in [6.07, 6.45) is 0. The second kappa shape index (κ2) is 7.00. The number of aryl methyl sites for hydroxylation is 1. The SMILES string of the molecule is Cc1cccc(N2C(=O)C(O)=C(C(=O)c3cccs3)C2c2ccc3c(c2)OCO3)n1. The number of aromatic nitrogens is 1. The third-order valence-electron chi connectivity index (χ3n) is 5.03. The fraction of sp³-hybridized carbons (Fsp3) is 0.136. The molecular formula is C22H16N2O5S. The molecular weight excluding hydrogens is 404 g/mol. The molecule has 0 bridgehead atoms. The van der Waals surface area contributed by atoms with Crippen molar-refractivity contribution >= 4 is 28.8 Å². The number of Topliss-reactive ketones (excluding diaryl/α,β-unsaturated/α-hetero) is 1. The van der Waals surface area contributed by atoms with Crippen LogP contribution in [0.1, 0.15) is 27.0 Å². The van der Waals surface area contributed by atoms with Gasteiger partial charge in [-0.15, -0.1) is 11.3 Å². The van der Waals surface area contributed by atoms with Crippen LogP contribution in [0, 0.1) is 6.92 Å². The lowest BCUT2D eigenvalue weighted by Crippen LogP contribution is -2.31. The number of carbonyl (C=O) groups excluding carboxylic acids is 2. The van der Waals surface area contributed by atoms with Crippen LogP contribution in [0.5, 0.6) is 11.5 Å². The molecule has 3 aromatic rings. The zero-order valence-corrected chi connectivity index (χ0v) is 16.7. The molecule has 1 atom stereocenters. The van der Waals surface area contributed by atoms with Crippen molar-refractivity contribution in [2.75, 3.05) is 11.7 Å². The minimum atomic E-state index is -0.851. The zero-order valence-electron chi connectivity index (χ0n) is 15.9. The number of fused-ring (bicyclic) bond motifs is 1. The summed E-state index contributed by atoms with van der Waals surface area (Å²) in [6, 6.07) is 13.0. The molecule has 1 aromatic carbocycles. The second-order valence-corrected chi connectivity index (χ2v) is 7.84. The average Bonchev–Trinajstić information content (AvgIpc) is 3.47. The van der Waals surface area contributed by atoms with E-state index < -0.39 is 23.5 Å². The van der Waals surface area contributed by atoms with E-state index in [1.165, 1.54) is 16.2 Å². The number of hydrogen-bond donors (Lipinski definition) is 1. The summed E-state index contributed by atoms with van der Waals surface area (Å²) in [5.74, 6) is -0.180. The normalized spacial score (nSPS) is 17.7. The Morgan fingerprint density at radius 2 is 2.00 bits per heavy atom. The number of thiophene rings is 1. The van der Waals surface area contributed by atoms with Gasteiger partial charge in [-0.05, 0) is 48.2 Å². The highest BCUT2D eigenvalue weighted by Gasteiger charge is 2.45. The molecule has 0 saturated carbocycles. The summed E-state index contributed by atoms with van der Waals surface area (Å²) in [5.41, 5.74) is 1.34. The van der Waals surface area contributed by atoms with Crippen LogP contribution < -0.4 is 14.4 Å². The van der Waals surface area contributed by atoms with Gasteiger partial charge in [0, 0.05) is 5.69 Å². The lowest BCUT2D eigenvalue weighted by molar-refractivity contribution is -0.117. The third kappa shape index (κ3) is 2.84. The molecule has 1 amide bonds. The highest BCUT2D eigenvalue weighted by molar-refractivity contribution is 7.12. The first-order valence-electron chi connectivity index (χ1n) is 9.22. The number of carbonyl (C=O) groups is 2. The Hall–Kier alpha value is -3.65. The summed E-state index contributed by atoms with van der Waals surface area (Å²) < 4.78 is 10.9. The number of ketones is 1. The summed E-state index contributed by atoms with van der Waals surface area (Å²) in [4.78, 5) is 32.6. The molecule has 5 rings (SSSR count). The molecule has 2 aliphatic rings. The van der Waals surface area contributed by atoms with E-state index in [0.29, 0.717) is 33.5 Å². The average molecular weight is 420 g/mol. The lowest BCUT2D eigenvalue weighted by atomic mass is 9.95. The highest BCUT2D eigenvalue weighted by atomic mass is 32.1. The second-order valence-electron chi connectivity index (χ2n) is 6.90. The number of benzene rings is 1. The van der Waals surface area contributed by atoms with Crippen molar-refractivity contribution in [2.24, 2.45) is 0 Å². The van der Waals surface area contributed by atoms with Crippen LogP contribution in [0.4, 0.5) is 5.82 Å². The predicted octanol–water partition coefficient (Wildman–Crippen LogP) is 3.96. The van der Waals surface area contributed by atoms with E-state index in [4.69, 9.17) is 9.47 Å². The van der Waals surface area contributed by atoms with E-state index in [0.717, 1.165) is 0 Å². The third-order valence-corrected chi connectivity index (χ3v) is 5.90. The molecule has 0 aliphatic carbocycles. The van der Waals surface area contributed by atoms with E-state index in [9.17, 15) is 14.7 Å². The first-order valence-corrected chi connectivity index (χ1v) is 10.1. The number of aliphatic hydroxyl groups is 1. The van der Waals surface area contributed by atoms with Crippen LogP contribution in [0.3, 0.4) is 0 Å². The van der Waals surface area contributed by atoms with Gasteiger partial charge in [0.2, 0.25) is 12.6 Å². The smallest absolute Gasteiger partial charge is 0.295 e. The van der Waals surface area contributed by atoms with Crippen molar-refractivity contribution in [2.45, 2.75) is 13.0 Å². The molecule has 1 N–H and O–H groups in total. The maximum absolute atomic E-state index is 13.3. The van der Waals surface area contributed by atoms with Crippen molar-refractivity contribution in [3.63, 3.8) is 0 Å². The quantitative estimate of drug-likeness (QED) is 0.643. The number of pyridine rings is 1. The predicted molar refractivity (Wildman–Crippen MR) is 110 cm³/mol. The Morgan fingerprint density at radius 3 is 2.77 bits per heavy atom. The monoisotopic (exact) mass is 420 g/mol. The number of ether oxygens (including phenoxy) is 2. The Balaban J connectivity index is 1.68. The van der Waals surface area contributed by atoms with Crippen molar-refractivity contribution in [3.05, 3.63) is 81.4 Å². The Kier molecular flexibility index (Phi) is 4.29. The fourth-order valence-electron chi connectivity index (χ4n) is 3.68. The molecule has 7 nitrogen and oxygen atoms in total. The molecule has 150 valence electrons. The van der Waals surface area contributed by atoms with Crippen molar-refractivity contribution in [1.29, 1.82) is 0 Å². The largest absolute Gasteiger partial charge is 0.503 e. The fourth-order valence-corrected chi connectivity index (χ4v) is 4.35. The van der Waals surface area contributed by atoms with Gasteiger partial charge in [-0.3, -0.25) is 14.5 Å². The topological polar surface area (TPSA) is 89.0 Å². The molecule has 30 heavy (non-hydrogen) atoms. The number of aliphatic hydroxyl groups excluding tert-OH is 1. The van der Waals surface area contributed by atoms with Crippen molar-refractivity contribution in [3.8, 4) is 11.5 Å². The van der Waals surface area contributed by atoms with Crippen LogP contribution in [-0.2, 0) is 4.79 Å². The van der Waals surface area contributed by atoms with Gasteiger partial charge in [-0.2, -0.15) is 0 Å². The number of anilines is 1. The van der Waals surface area contributed by atoms with Crippen LogP contribution in [0.2, 0.25) is 0 Å². The summed E-state index contributed by atoms with van der Waals surface area (Å²) >= 11 is 1.25. The van der Waals surface area contributed by atoms with Crippen LogP contribution in [0.15, 0.2) is 65.2 Å². The first kappa shape index (κ1) is 18.4. The Bertz CT molecular complexity index is 1200. The van der Waals surface area contributed by atoms with E-state index in [1.54, 1.807) is 47.8 Å². The van der Waals surface area contributed by atoms with Gasteiger partial charge in [0.15, 0.2) is 17.3 Å². The number of rotatable bonds is 4. The summed E-state index contributed by atoms with van der Waals surface area (Å²) in [7, 11) is 0. The van der Waals surface area contributed by atoms with E-state index in [2.05, 4.69) is 4.98 Å². The van der Waals surface area contributed by atoms with Gasteiger partial charge in [0.25, 0.3) is 5.91 Å². The number of amides is 1. The first-order chi connectivity index (χ1) is 14.5. The van der Waals surface area contributed by atoms with E-state index in [1.807, 2.05) is 13.0 Å². The van der Waals surface area contributed by atoms with E-state index in [-0.39, 0.29) is 12.4 Å². The Labute approximate surface area is 175 Å².